The Balaban J connectivity index is 1.71. The summed E-state index contributed by atoms with van der Waals surface area (Å²) in [4.78, 5) is 0. The van der Waals surface area contributed by atoms with Crippen LogP contribution in [0, 0.1) is 0 Å². The molecule has 1 aromatic heterocycles. The van der Waals surface area contributed by atoms with Crippen LogP contribution in [0.25, 0.3) is 0 Å². The molecule has 0 spiro atoms. The minimum atomic E-state index is -3.54. The van der Waals surface area contributed by atoms with E-state index in [2.05, 4.69) is 15.9 Å². The second kappa shape index (κ2) is 6.84. The number of halogens is 2. The summed E-state index contributed by atoms with van der Waals surface area (Å²) in [7, 11) is -3.54. The maximum Gasteiger partial charge on any atom is 0.276 e. The molecule has 3 rings (SSSR count). The van der Waals surface area contributed by atoms with Crippen molar-refractivity contribution < 1.29 is 17.6 Å². The van der Waals surface area contributed by atoms with Gasteiger partial charge >= 0.3 is 0 Å². The molecule has 1 aliphatic rings. The number of hydrogen-bond donors (Lipinski definition) is 0. The van der Waals surface area contributed by atoms with E-state index in [0.29, 0.717) is 29.6 Å². The Morgan fingerprint density at radius 3 is 2.70 bits per heavy atom. The van der Waals surface area contributed by atoms with Gasteiger partial charge in [0.2, 0.25) is 5.09 Å². The lowest BCUT2D eigenvalue weighted by Crippen LogP contribution is -2.27. The summed E-state index contributed by atoms with van der Waals surface area (Å²) >= 11 is 9.39. The van der Waals surface area contributed by atoms with Gasteiger partial charge in [-0.25, -0.2) is 8.42 Å². The molecular formula is C15H15BrClNO4S. The van der Waals surface area contributed by atoms with E-state index in [1.165, 1.54) is 10.4 Å². The Kier molecular flexibility index (Phi) is 5.01. The minimum Gasteiger partial charge on any atom is -0.484 e. The van der Waals surface area contributed by atoms with Crippen molar-refractivity contribution in [2.75, 3.05) is 13.1 Å². The molecule has 124 valence electrons. The zero-order valence-corrected chi connectivity index (χ0v) is 15.3. The molecule has 0 N–H and O–H groups in total. The molecule has 1 aliphatic heterocycles. The quantitative estimate of drug-likeness (QED) is 0.732. The fraction of sp³-hybridized carbons (Fsp3) is 0.333. The lowest BCUT2D eigenvalue weighted by molar-refractivity contribution is 0.256. The summed E-state index contributed by atoms with van der Waals surface area (Å²) in [5, 5.41) is 0.433. The summed E-state index contributed by atoms with van der Waals surface area (Å²) in [6.07, 6.45) is 1.77. The van der Waals surface area contributed by atoms with E-state index < -0.39 is 10.0 Å². The molecule has 0 unspecified atom stereocenters. The van der Waals surface area contributed by atoms with Crippen molar-refractivity contribution in [2.45, 2.75) is 24.5 Å². The molecule has 0 radical (unpaired) electrons. The van der Waals surface area contributed by atoms with Gasteiger partial charge in [0.1, 0.15) is 18.1 Å². The monoisotopic (exact) mass is 419 g/mol. The van der Waals surface area contributed by atoms with Gasteiger partial charge in [-0.1, -0.05) is 27.5 Å². The van der Waals surface area contributed by atoms with E-state index in [1.54, 1.807) is 18.2 Å². The summed E-state index contributed by atoms with van der Waals surface area (Å²) in [5.74, 6) is 0.931. The highest BCUT2D eigenvalue weighted by Crippen LogP contribution is 2.29. The molecule has 2 heterocycles. The molecule has 0 atom stereocenters. The third kappa shape index (κ3) is 3.74. The summed E-state index contributed by atoms with van der Waals surface area (Å²) in [6, 6.07) is 8.34. The molecule has 8 heteroatoms. The highest BCUT2D eigenvalue weighted by atomic mass is 79.9. The third-order valence-electron chi connectivity index (χ3n) is 3.56. The van der Waals surface area contributed by atoms with Crippen LogP contribution in [-0.4, -0.2) is 25.8 Å². The second-order valence-corrected chi connectivity index (χ2v) is 8.39. The molecule has 2 aromatic rings. The van der Waals surface area contributed by atoms with E-state index in [1.807, 2.05) is 6.07 Å². The normalized spacial score (nSPS) is 15.9. The summed E-state index contributed by atoms with van der Waals surface area (Å²) < 4.78 is 38.1. The Bertz CT molecular complexity index is 800. The number of ether oxygens (including phenoxy) is 1. The minimum absolute atomic E-state index is 0.0432. The number of nitrogens with zero attached hydrogens (tertiary/aromatic N) is 1. The number of benzene rings is 1. The predicted molar refractivity (Wildman–Crippen MR) is 90.2 cm³/mol. The summed E-state index contributed by atoms with van der Waals surface area (Å²) in [5.41, 5.74) is 0. The van der Waals surface area contributed by atoms with Gasteiger partial charge in [-0.15, -0.1) is 0 Å². The average molecular weight is 421 g/mol. The van der Waals surface area contributed by atoms with Crippen LogP contribution in [0.15, 0.2) is 44.3 Å². The fourth-order valence-electron chi connectivity index (χ4n) is 2.37. The van der Waals surface area contributed by atoms with Crippen molar-refractivity contribution >= 4 is 37.6 Å². The van der Waals surface area contributed by atoms with Crippen LogP contribution in [0.5, 0.6) is 5.75 Å². The highest BCUT2D eigenvalue weighted by molar-refractivity contribution is 9.10. The van der Waals surface area contributed by atoms with E-state index >= 15 is 0 Å². The zero-order valence-electron chi connectivity index (χ0n) is 12.2. The Labute approximate surface area is 148 Å². The fourth-order valence-corrected chi connectivity index (χ4v) is 4.32. The van der Waals surface area contributed by atoms with Gasteiger partial charge in [0.05, 0.1) is 5.02 Å². The molecule has 1 saturated heterocycles. The first kappa shape index (κ1) is 16.8. The van der Waals surface area contributed by atoms with Crippen molar-refractivity contribution in [3.63, 3.8) is 0 Å². The third-order valence-corrected chi connectivity index (χ3v) is 6.14. The zero-order chi connectivity index (χ0) is 16.4. The Morgan fingerprint density at radius 2 is 1.96 bits per heavy atom. The van der Waals surface area contributed by atoms with Crippen molar-refractivity contribution in [1.82, 2.24) is 4.31 Å². The van der Waals surface area contributed by atoms with Crippen LogP contribution in [0.2, 0.25) is 5.02 Å². The van der Waals surface area contributed by atoms with E-state index in [4.69, 9.17) is 20.8 Å². The highest BCUT2D eigenvalue weighted by Gasteiger charge is 2.29. The lowest BCUT2D eigenvalue weighted by atomic mass is 10.3. The van der Waals surface area contributed by atoms with Gasteiger partial charge < -0.3 is 9.15 Å². The topological polar surface area (TPSA) is 59.8 Å². The molecule has 0 saturated carbocycles. The molecule has 0 aliphatic carbocycles. The van der Waals surface area contributed by atoms with E-state index in [0.717, 1.165) is 17.3 Å². The van der Waals surface area contributed by atoms with Gasteiger partial charge in [0.15, 0.2) is 0 Å². The van der Waals surface area contributed by atoms with E-state index in [9.17, 15) is 8.42 Å². The molecule has 1 fully saturated rings. The molecule has 23 heavy (non-hydrogen) atoms. The van der Waals surface area contributed by atoms with Gasteiger partial charge in [0, 0.05) is 17.6 Å². The SMILES string of the molecule is O=S(=O)(c1ccc(COc2cc(Br)ccc2Cl)o1)N1CCCC1. The first-order valence-corrected chi connectivity index (χ1v) is 9.74. The van der Waals surface area contributed by atoms with Gasteiger partial charge in [0.25, 0.3) is 10.0 Å². The van der Waals surface area contributed by atoms with Gasteiger partial charge in [-0.3, -0.25) is 0 Å². The largest absolute Gasteiger partial charge is 0.484 e. The number of rotatable bonds is 5. The first-order chi connectivity index (χ1) is 11.0. The Morgan fingerprint density at radius 1 is 1.22 bits per heavy atom. The van der Waals surface area contributed by atoms with Crippen LogP contribution in [0.4, 0.5) is 0 Å². The smallest absolute Gasteiger partial charge is 0.276 e. The van der Waals surface area contributed by atoms with Crippen molar-refractivity contribution in [1.29, 1.82) is 0 Å². The number of hydrogen-bond acceptors (Lipinski definition) is 4. The molecular weight excluding hydrogens is 406 g/mol. The average Bonchev–Trinajstić information content (AvgIpc) is 3.20. The number of sulfonamides is 1. The van der Waals surface area contributed by atoms with Crippen LogP contribution in [0.1, 0.15) is 18.6 Å². The maximum absolute atomic E-state index is 12.4. The van der Waals surface area contributed by atoms with Crippen molar-refractivity contribution in [3.8, 4) is 5.75 Å². The molecule has 0 amide bonds. The first-order valence-electron chi connectivity index (χ1n) is 7.13. The van der Waals surface area contributed by atoms with Crippen molar-refractivity contribution in [2.24, 2.45) is 0 Å². The second-order valence-electron chi connectivity index (χ2n) is 5.20. The summed E-state index contributed by atoms with van der Waals surface area (Å²) in [6.45, 7) is 1.19. The molecule has 1 aromatic carbocycles. The van der Waals surface area contributed by atoms with Crippen LogP contribution in [-0.2, 0) is 16.6 Å². The Hall–Kier alpha value is -1.02. The lowest BCUT2D eigenvalue weighted by Gasteiger charge is -2.12. The molecule has 5 nitrogen and oxygen atoms in total. The van der Waals surface area contributed by atoms with Crippen LogP contribution in [0.3, 0.4) is 0 Å². The van der Waals surface area contributed by atoms with E-state index in [-0.39, 0.29) is 11.7 Å². The van der Waals surface area contributed by atoms with Gasteiger partial charge in [-0.05, 0) is 43.2 Å². The standard InChI is InChI=1S/C15H15BrClNO4S/c16-11-3-5-13(17)14(9-11)21-10-12-4-6-15(22-12)23(19,20)18-7-1-2-8-18/h3-6,9H,1-2,7-8,10H2. The van der Waals surface area contributed by atoms with Crippen molar-refractivity contribution in [3.05, 3.63) is 45.6 Å². The van der Waals surface area contributed by atoms with Crippen LogP contribution >= 0.6 is 27.5 Å². The molecule has 0 bridgehead atoms. The maximum atomic E-state index is 12.4. The number of furan rings is 1. The van der Waals surface area contributed by atoms with Gasteiger partial charge in [-0.2, -0.15) is 4.31 Å². The van der Waals surface area contributed by atoms with Crippen LogP contribution < -0.4 is 4.74 Å². The predicted octanol–water partition coefficient (Wildman–Crippen LogP) is 4.06.